The molecule has 2 aliphatic rings. The molecule has 0 radical (unpaired) electrons. The Kier molecular flexibility index (Phi) is 3.88. The maximum Gasteiger partial charge on any atom is 0.268 e. The van der Waals surface area contributed by atoms with E-state index in [4.69, 9.17) is 0 Å². The maximum absolute atomic E-state index is 12.6. The van der Waals surface area contributed by atoms with Crippen molar-refractivity contribution >= 4 is 40.1 Å². The molecule has 0 N–H and O–H groups in total. The Labute approximate surface area is 169 Å². The molecule has 0 spiro atoms. The van der Waals surface area contributed by atoms with Crippen molar-refractivity contribution in [3.63, 3.8) is 0 Å². The van der Waals surface area contributed by atoms with E-state index in [9.17, 15) is 19.2 Å². The Morgan fingerprint density at radius 2 is 1.21 bits per heavy atom. The third-order valence-corrected chi connectivity index (χ3v) is 5.87. The highest BCUT2D eigenvalue weighted by Crippen LogP contribution is 2.31. The first-order valence-electron chi connectivity index (χ1n) is 8.93. The molecular weight excluding hydrogens is 390 g/mol. The zero-order valence-corrected chi connectivity index (χ0v) is 15.8. The topological polar surface area (TPSA) is 87.7 Å². The fourth-order valence-electron chi connectivity index (χ4n) is 3.55. The summed E-state index contributed by atoms with van der Waals surface area (Å²) in [5.41, 5.74) is 2.14. The van der Waals surface area contributed by atoms with Gasteiger partial charge in [0.1, 0.15) is 0 Å². The predicted octanol–water partition coefficient (Wildman–Crippen LogP) is 2.78. The van der Waals surface area contributed by atoms with Crippen LogP contribution in [-0.2, 0) is 6.42 Å². The van der Waals surface area contributed by atoms with E-state index in [0.29, 0.717) is 34.4 Å². The lowest BCUT2D eigenvalue weighted by Crippen LogP contribution is -2.32. The second-order valence-electron chi connectivity index (χ2n) is 6.67. The molecule has 7 nitrogen and oxygen atoms in total. The Bertz CT molecular complexity index is 1150. The van der Waals surface area contributed by atoms with E-state index < -0.39 is 11.8 Å². The van der Waals surface area contributed by atoms with Crippen LogP contribution in [0.5, 0.6) is 0 Å². The minimum absolute atomic E-state index is 0.178. The van der Waals surface area contributed by atoms with E-state index in [0.717, 1.165) is 4.90 Å². The standard InChI is InChI=1S/C21H13N3O4S/c25-17-13-5-1-2-6-14(13)18(26)23(17)10-9-12-11-29-21(22-12)24-19(27)15-7-3-4-8-16(15)20(24)28/h1-8,11H,9-10H2. The normalized spacial score (nSPS) is 15.3. The Balaban J connectivity index is 1.33. The van der Waals surface area contributed by atoms with Gasteiger partial charge in [-0.05, 0) is 24.3 Å². The van der Waals surface area contributed by atoms with Crippen molar-refractivity contribution in [3.05, 3.63) is 81.9 Å². The lowest BCUT2D eigenvalue weighted by atomic mass is 10.1. The van der Waals surface area contributed by atoms with Crippen LogP contribution < -0.4 is 4.90 Å². The van der Waals surface area contributed by atoms with Gasteiger partial charge in [-0.1, -0.05) is 24.3 Å². The van der Waals surface area contributed by atoms with Crippen LogP contribution in [0.25, 0.3) is 0 Å². The van der Waals surface area contributed by atoms with E-state index >= 15 is 0 Å². The molecule has 1 aromatic heterocycles. The summed E-state index contributed by atoms with van der Waals surface area (Å²) >= 11 is 1.18. The van der Waals surface area contributed by atoms with Gasteiger partial charge in [0, 0.05) is 18.3 Å². The summed E-state index contributed by atoms with van der Waals surface area (Å²) in [4.78, 5) is 56.7. The molecule has 2 aromatic carbocycles. The highest BCUT2D eigenvalue weighted by molar-refractivity contribution is 7.14. The molecule has 3 aromatic rings. The number of carbonyl (C=O) groups is 4. The molecule has 3 heterocycles. The molecule has 0 unspecified atom stereocenters. The molecule has 0 saturated heterocycles. The lowest BCUT2D eigenvalue weighted by molar-refractivity contribution is 0.0655. The second-order valence-corrected chi connectivity index (χ2v) is 7.51. The Morgan fingerprint density at radius 1 is 0.724 bits per heavy atom. The zero-order chi connectivity index (χ0) is 20.1. The third-order valence-electron chi connectivity index (χ3n) is 4.99. The van der Waals surface area contributed by atoms with E-state index in [2.05, 4.69) is 4.98 Å². The molecule has 0 atom stereocenters. The van der Waals surface area contributed by atoms with Gasteiger partial charge in [0.2, 0.25) is 0 Å². The van der Waals surface area contributed by atoms with E-state index in [1.165, 1.54) is 16.2 Å². The largest absolute Gasteiger partial charge is 0.274 e. The summed E-state index contributed by atoms with van der Waals surface area (Å²) < 4.78 is 0. The van der Waals surface area contributed by atoms with Crippen molar-refractivity contribution < 1.29 is 19.2 Å². The Hall–Kier alpha value is -3.65. The van der Waals surface area contributed by atoms with E-state index in [1.807, 2.05) is 0 Å². The summed E-state index contributed by atoms with van der Waals surface area (Å²) in [7, 11) is 0. The number of benzene rings is 2. The van der Waals surface area contributed by atoms with Crippen molar-refractivity contribution in [1.29, 1.82) is 0 Å². The van der Waals surface area contributed by atoms with Crippen LogP contribution in [-0.4, -0.2) is 40.1 Å². The highest BCUT2D eigenvalue weighted by Gasteiger charge is 2.38. The molecule has 29 heavy (non-hydrogen) atoms. The lowest BCUT2D eigenvalue weighted by Gasteiger charge is -2.12. The smallest absolute Gasteiger partial charge is 0.268 e. The summed E-state index contributed by atoms with van der Waals surface area (Å²) in [6.07, 6.45) is 0.338. The van der Waals surface area contributed by atoms with Crippen LogP contribution >= 0.6 is 11.3 Å². The van der Waals surface area contributed by atoms with Gasteiger partial charge in [-0.3, -0.25) is 24.1 Å². The number of hydrogen-bond donors (Lipinski definition) is 0. The number of amides is 4. The fourth-order valence-corrected chi connectivity index (χ4v) is 4.40. The summed E-state index contributed by atoms with van der Waals surface area (Å²) in [5, 5.41) is 2.02. The van der Waals surface area contributed by atoms with Gasteiger partial charge >= 0.3 is 0 Å². The zero-order valence-electron chi connectivity index (χ0n) is 15.0. The third kappa shape index (κ3) is 2.60. The molecule has 8 heteroatoms. The number of thiazole rings is 1. The molecule has 5 rings (SSSR count). The maximum atomic E-state index is 12.6. The van der Waals surface area contributed by atoms with Crippen LogP contribution in [0.2, 0.25) is 0 Å². The van der Waals surface area contributed by atoms with Crippen molar-refractivity contribution in [2.45, 2.75) is 6.42 Å². The average Bonchev–Trinajstić information content (AvgIpc) is 3.37. The van der Waals surface area contributed by atoms with Gasteiger partial charge in [-0.2, -0.15) is 0 Å². The molecule has 4 amide bonds. The number of anilines is 1. The number of carbonyl (C=O) groups excluding carboxylic acids is 4. The number of fused-ring (bicyclic) bond motifs is 2. The van der Waals surface area contributed by atoms with Crippen molar-refractivity contribution in [2.24, 2.45) is 0 Å². The Morgan fingerprint density at radius 3 is 1.72 bits per heavy atom. The number of hydrogen-bond acceptors (Lipinski definition) is 6. The van der Waals surface area contributed by atoms with Gasteiger partial charge in [0.25, 0.3) is 23.6 Å². The minimum Gasteiger partial charge on any atom is -0.274 e. The molecule has 142 valence electrons. The minimum atomic E-state index is -0.396. The summed E-state index contributed by atoms with van der Waals surface area (Å²) in [5.74, 6) is -1.43. The van der Waals surface area contributed by atoms with Crippen LogP contribution in [0, 0.1) is 0 Å². The van der Waals surface area contributed by atoms with E-state index in [-0.39, 0.29) is 23.5 Å². The van der Waals surface area contributed by atoms with Crippen LogP contribution in [0.15, 0.2) is 53.9 Å². The average molecular weight is 403 g/mol. The number of aromatic nitrogens is 1. The monoisotopic (exact) mass is 403 g/mol. The van der Waals surface area contributed by atoms with Gasteiger partial charge in [0.05, 0.1) is 27.9 Å². The quantitative estimate of drug-likeness (QED) is 0.625. The summed E-state index contributed by atoms with van der Waals surface area (Å²) in [6.45, 7) is 0.178. The highest BCUT2D eigenvalue weighted by atomic mass is 32.1. The van der Waals surface area contributed by atoms with E-state index in [1.54, 1.807) is 53.9 Å². The van der Waals surface area contributed by atoms with Gasteiger partial charge in [-0.15, -0.1) is 11.3 Å². The van der Waals surface area contributed by atoms with Crippen molar-refractivity contribution in [1.82, 2.24) is 9.88 Å². The first kappa shape index (κ1) is 17.4. The van der Waals surface area contributed by atoms with Crippen molar-refractivity contribution in [3.8, 4) is 0 Å². The number of rotatable bonds is 4. The van der Waals surface area contributed by atoms with Gasteiger partial charge in [0.15, 0.2) is 5.13 Å². The van der Waals surface area contributed by atoms with Gasteiger partial charge < -0.3 is 0 Å². The first-order valence-corrected chi connectivity index (χ1v) is 9.81. The molecule has 0 saturated carbocycles. The first-order chi connectivity index (χ1) is 14.1. The molecular formula is C21H13N3O4S. The molecule has 2 aliphatic heterocycles. The second kappa shape index (κ2) is 6.46. The number of nitrogens with zero attached hydrogens (tertiary/aromatic N) is 3. The number of imide groups is 2. The molecule has 0 fully saturated rings. The fraction of sp³-hybridized carbons (Fsp3) is 0.0952. The van der Waals surface area contributed by atoms with Crippen LogP contribution in [0.3, 0.4) is 0 Å². The van der Waals surface area contributed by atoms with Crippen LogP contribution in [0.1, 0.15) is 47.1 Å². The van der Waals surface area contributed by atoms with Gasteiger partial charge in [-0.25, -0.2) is 9.88 Å². The van der Waals surface area contributed by atoms with Crippen LogP contribution in [0.4, 0.5) is 5.13 Å². The summed E-state index contributed by atoms with van der Waals surface area (Å²) in [6, 6.07) is 13.4. The molecule has 0 aliphatic carbocycles. The predicted molar refractivity (Wildman–Crippen MR) is 105 cm³/mol. The van der Waals surface area contributed by atoms with Crippen molar-refractivity contribution in [2.75, 3.05) is 11.4 Å². The SMILES string of the molecule is O=C1c2ccccc2C(=O)N1CCc1csc(N2C(=O)c3ccccc3C2=O)n1. The molecule has 0 bridgehead atoms.